The lowest BCUT2D eigenvalue weighted by Gasteiger charge is -2.25. The Labute approximate surface area is 88.5 Å². The van der Waals surface area contributed by atoms with Crippen LogP contribution in [0.15, 0.2) is 0 Å². The second-order valence-corrected chi connectivity index (χ2v) is 4.46. The van der Waals surface area contributed by atoms with Crippen molar-refractivity contribution in [3.05, 3.63) is 0 Å². The first-order chi connectivity index (χ1) is 6.79. The van der Waals surface area contributed by atoms with Crippen molar-refractivity contribution in [3.8, 4) is 0 Å². The highest BCUT2D eigenvalue weighted by Gasteiger charge is 2.06. The predicted octanol–water partition coefficient (Wildman–Crippen LogP) is 0.623. The van der Waals surface area contributed by atoms with Crippen molar-refractivity contribution in [1.82, 2.24) is 15.1 Å². The van der Waals surface area contributed by atoms with Crippen LogP contribution in [0.1, 0.15) is 19.3 Å². The average Bonchev–Trinajstić information content (AvgIpc) is 2.07. The van der Waals surface area contributed by atoms with Gasteiger partial charge >= 0.3 is 0 Å². The first-order valence-corrected chi connectivity index (χ1v) is 5.87. The van der Waals surface area contributed by atoms with Gasteiger partial charge in [-0.2, -0.15) is 0 Å². The van der Waals surface area contributed by atoms with Crippen LogP contribution in [0.2, 0.25) is 0 Å². The maximum Gasteiger partial charge on any atom is -0.000653 e. The molecule has 0 atom stereocenters. The lowest BCUT2D eigenvalue weighted by atomic mass is 10.2. The Morgan fingerprint density at radius 2 is 1.79 bits per heavy atom. The van der Waals surface area contributed by atoms with Crippen LogP contribution in [-0.4, -0.2) is 63.2 Å². The van der Waals surface area contributed by atoms with Crippen LogP contribution in [-0.2, 0) is 0 Å². The third kappa shape index (κ3) is 5.58. The molecule has 14 heavy (non-hydrogen) atoms. The van der Waals surface area contributed by atoms with E-state index in [1.807, 2.05) is 0 Å². The van der Waals surface area contributed by atoms with Crippen LogP contribution in [0.3, 0.4) is 0 Å². The lowest BCUT2D eigenvalue weighted by molar-refractivity contribution is 0.238. The molecule has 0 aromatic heterocycles. The molecule has 1 aliphatic rings. The van der Waals surface area contributed by atoms with Gasteiger partial charge in [0.1, 0.15) is 0 Å². The predicted molar refractivity (Wildman–Crippen MR) is 61.7 cm³/mol. The van der Waals surface area contributed by atoms with E-state index < -0.39 is 0 Å². The van der Waals surface area contributed by atoms with Gasteiger partial charge in [-0.15, -0.1) is 0 Å². The smallest absolute Gasteiger partial charge is 0.000653 e. The number of rotatable bonds is 4. The van der Waals surface area contributed by atoms with Gasteiger partial charge in [0.25, 0.3) is 0 Å². The van der Waals surface area contributed by atoms with Crippen LogP contribution < -0.4 is 5.32 Å². The second-order valence-electron chi connectivity index (χ2n) is 4.46. The van der Waals surface area contributed by atoms with Gasteiger partial charge in [-0.3, -0.25) is 0 Å². The van der Waals surface area contributed by atoms with Gasteiger partial charge in [0.15, 0.2) is 0 Å². The Kier molecular flexibility index (Phi) is 6.15. The Bertz CT molecular complexity index is 128. The van der Waals surface area contributed by atoms with Crippen molar-refractivity contribution in [2.75, 3.05) is 53.4 Å². The van der Waals surface area contributed by atoms with E-state index >= 15 is 0 Å². The summed E-state index contributed by atoms with van der Waals surface area (Å²) in [7, 11) is 4.30. The van der Waals surface area contributed by atoms with Crippen molar-refractivity contribution >= 4 is 0 Å². The van der Waals surface area contributed by atoms with E-state index in [0.29, 0.717) is 0 Å². The molecule has 3 nitrogen and oxygen atoms in total. The van der Waals surface area contributed by atoms with Crippen molar-refractivity contribution in [3.63, 3.8) is 0 Å². The summed E-state index contributed by atoms with van der Waals surface area (Å²) < 4.78 is 0. The standard InChI is InChI=1S/C11H25N3/c1-13(2)8-5-11-14-9-3-6-12-7-4-10-14/h12H,3-11H2,1-2H3. The van der Waals surface area contributed by atoms with Crippen LogP contribution >= 0.6 is 0 Å². The molecule has 1 fully saturated rings. The quantitative estimate of drug-likeness (QED) is 0.716. The number of nitrogens with zero attached hydrogens (tertiary/aromatic N) is 2. The van der Waals surface area contributed by atoms with Crippen LogP contribution in [0.5, 0.6) is 0 Å². The summed E-state index contributed by atoms with van der Waals surface area (Å²) in [5.41, 5.74) is 0. The average molecular weight is 199 g/mol. The Morgan fingerprint density at radius 1 is 1.14 bits per heavy atom. The summed E-state index contributed by atoms with van der Waals surface area (Å²) >= 11 is 0. The Hall–Kier alpha value is -0.120. The molecule has 0 aromatic rings. The molecular formula is C11H25N3. The minimum atomic E-state index is 1.20. The summed E-state index contributed by atoms with van der Waals surface area (Å²) in [6.07, 6.45) is 3.92. The maximum absolute atomic E-state index is 3.45. The molecule has 84 valence electrons. The summed E-state index contributed by atoms with van der Waals surface area (Å²) in [6, 6.07) is 0. The fourth-order valence-corrected chi connectivity index (χ4v) is 1.93. The first-order valence-electron chi connectivity index (χ1n) is 5.87. The summed E-state index contributed by atoms with van der Waals surface area (Å²) in [5.74, 6) is 0. The zero-order chi connectivity index (χ0) is 10.2. The highest BCUT2D eigenvalue weighted by atomic mass is 15.1. The van der Waals surface area contributed by atoms with Gasteiger partial charge in [0.2, 0.25) is 0 Å². The molecule has 0 bridgehead atoms. The minimum absolute atomic E-state index is 1.20. The molecule has 0 spiro atoms. The molecule has 0 radical (unpaired) electrons. The van der Waals surface area contributed by atoms with E-state index in [0.717, 1.165) is 0 Å². The molecule has 1 aliphatic heterocycles. The fraction of sp³-hybridized carbons (Fsp3) is 1.00. The Morgan fingerprint density at radius 3 is 2.36 bits per heavy atom. The number of nitrogens with one attached hydrogen (secondary N) is 1. The minimum Gasteiger partial charge on any atom is -0.317 e. The van der Waals surface area contributed by atoms with E-state index in [4.69, 9.17) is 0 Å². The summed E-state index contributed by atoms with van der Waals surface area (Å²) in [5, 5.41) is 3.45. The zero-order valence-electron chi connectivity index (χ0n) is 9.76. The van der Waals surface area contributed by atoms with Gasteiger partial charge in [-0.05, 0) is 72.6 Å². The van der Waals surface area contributed by atoms with E-state index in [2.05, 4.69) is 29.2 Å². The van der Waals surface area contributed by atoms with Gasteiger partial charge in [-0.25, -0.2) is 0 Å². The van der Waals surface area contributed by atoms with Gasteiger partial charge in [0, 0.05) is 0 Å². The van der Waals surface area contributed by atoms with Crippen molar-refractivity contribution < 1.29 is 0 Å². The molecule has 0 saturated carbocycles. The normalized spacial score (nSPS) is 20.8. The highest BCUT2D eigenvalue weighted by molar-refractivity contribution is 4.64. The zero-order valence-corrected chi connectivity index (χ0v) is 9.76. The van der Waals surface area contributed by atoms with Crippen LogP contribution in [0.25, 0.3) is 0 Å². The third-order valence-corrected chi connectivity index (χ3v) is 2.74. The molecule has 0 aromatic carbocycles. The molecular weight excluding hydrogens is 174 g/mol. The molecule has 1 heterocycles. The van der Waals surface area contributed by atoms with Crippen LogP contribution in [0, 0.1) is 0 Å². The molecule has 0 unspecified atom stereocenters. The lowest BCUT2D eigenvalue weighted by Crippen LogP contribution is -2.35. The molecule has 1 rings (SSSR count). The molecule has 1 N–H and O–H groups in total. The van der Waals surface area contributed by atoms with E-state index in [-0.39, 0.29) is 0 Å². The van der Waals surface area contributed by atoms with Crippen molar-refractivity contribution in [1.29, 1.82) is 0 Å². The Balaban J connectivity index is 2.08. The first kappa shape index (κ1) is 12.0. The van der Waals surface area contributed by atoms with Gasteiger partial charge in [-0.1, -0.05) is 0 Å². The molecule has 3 heteroatoms. The maximum atomic E-state index is 3.45. The summed E-state index contributed by atoms with van der Waals surface area (Å²) in [4.78, 5) is 4.88. The molecule has 0 aliphatic carbocycles. The van der Waals surface area contributed by atoms with Crippen molar-refractivity contribution in [2.45, 2.75) is 19.3 Å². The number of hydrogen-bond donors (Lipinski definition) is 1. The third-order valence-electron chi connectivity index (χ3n) is 2.74. The topological polar surface area (TPSA) is 18.5 Å². The highest BCUT2D eigenvalue weighted by Crippen LogP contribution is 1.99. The van der Waals surface area contributed by atoms with E-state index in [1.54, 1.807) is 0 Å². The van der Waals surface area contributed by atoms with E-state index in [9.17, 15) is 0 Å². The fourth-order valence-electron chi connectivity index (χ4n) is 1.93. The largest absolute Gasteiger partial charge is 0.317 e. The van der Waals surface area contributed by atoms with Crippen molar-refractivity contribution in [2.24, 2.45) is 0 Å². The SMILES string of the molecule is CN(C)CCCN1CCCNCCC1. The van der Waals surface area contributed by atoms with Crippen LogP contribution in [0.4, 0.5) is 0 Å². The second kappa shape index (κ2) is 7.21. The van der Waals surface area contributed by atoms with Gasteiger partial charge in [0.05, 0.1) is 0 Å². The molecule has 1 saturated heterocycles. The summed E-state index contributed by atoms with van der Waals surface area (Å²) in [6.45, 7) is 7.45. The number of hydrogen-bond acceptors (Lipinski definition) is 3. The van der Waals surface area contributed by atoms with Gasteiger partial charge < -0.3 is 15.1 Å². The monoisotopic (exact) mass is 199 g/mol. The van der Waals surface area contributed by atoms with E-state index in [1.165, 1.54) is 58.5 Å². The molecule has 0 amide bonds.